The van der Waals surface area contributed by atoms with Crippen LogP contribution < -0.4 is 0 Å². The van der Waals surface area contributed by atoms with Crippen molar-refractivity contribution in [1.82, 2.24) is 0 Å². The highest BCUT2D eigenvalue weighted by molar-refractivity contribution is 5.89. The Labute approximate surface area is 150 Å². The van der Waals surface area contributed by atoms with Gasteiger partial charge < -0.3 is 0 Å². The maximum atomic E-state index is 11.1. The highest BCUT2D eigenvalue weighted by atomic mass is 16.1. The van der Waals surface area contributed by atoms with Crippen molar-refractivity contribution in [2.45, 2.75) is 0 Å². The third-order valence-corrected chi connectivity index (χ3v) is 4.03. The monoisotopic (exact) mass is 342 g/mol. The average Bonchev–Trinajstić information content (AvgIpc) is 2.72. The van der Waals surface area contributed by atoms with Gasteiger partial charge in [-0.05, 0) is 64.7 Å². The summed E-state index contributed by atoms with van der Waals surface area (Å²) in [5, 5.41) is 0. The van der Waals surface area contributed by atoms with Crippen LogP contribution in [0.2, 0.25) is 0 Å². The van der Waals surface area contributed by atoms with E-state index in [-0.39, 0.29) is 0 Å². The van der Waals surface area contributed by atoms with E-state index in [0.717, 1.165) is 22.3 Å². The second kappa shape index (κ2) is 7.49. The van der Waals surface area contributed by atoms with Crippen molar-refractivity contribution >= 4 is 25.1 Å². The Balaban J connectivity index is 2.12. The lowest BCUT2D eigenvalue weighted by molar-refractivity contribution is 0.111. The number of carbonyl (C=O) groups is 4. The Morgan fingerprint density at radius 1 is 0.423 bits per heavy atom. The van der Waals surface area contributed by atoms with Gasteiger partial charge in [-0.25, -0.2) is 0 Å². The van der Waals surface area contributed by atoms with E-state index in [2.05, 4.69) is 0 Å². The maximum Gasteiger partial charge on any atom is 0.150 e. The summed E-state index contributed by atoms with van der Waals surface area (Å²) in [7, 11) is 0. The van der Waals surface area contributed by atoms with Gasteiger partial charge in [0.2, 0.25) is 0 Å². The van der Waals surface area contributed by atoms with Gasteiger partial charge in [-0.1, -0.05) is 18.2 Å². The molecule has 0 amide bonds. The molecule has 0 saturated heterocycles. The van der Waals surface area contributed by atoms with Crippen molar-refractivity contribution in [3.8, 4) is 22.3 Å². The molecule has 0 fully saturated rings. The van der Waals surface area contributed by atoms with E-state index in [1.54, 1.807) is 24.3 Å². The second-order valence-corrected chi connectivity index (χ2v) is 5.83. The van der Waals surface area contributed by atoms with Crippen molar-refractivity contribution in [3.63, 3.8) is 0 Å². The smallest absolute Gasteiger partial charge is 0.150 e. The quantitative estimate of drug-likeness (QED) is 0.627. The predicted octanol–water partition coefficient (Wildman–Crippen LogP) is 4.27. The molecule has 0 N–H and O–H groups in total. The number of carbonyl (C=O) groups excluding carboxylic acids is 4. The first-order chi connectivity index (χ1) is 12.7. The fraction of sp³-hybridized carbons (Fsp3) is 0. The molecule has 4 nitrogen and oxygen atoms in total. The highest BCUT2D eigenvalue weighted by Gasteiger charge is 2.07. The first-order valence-corrected chi connectivity index (χ1v) is 7.88. The molecule has 0 bridgehead atoms. The molecule has 26 heavy (non-hydrogen) atoms. The van der Waals surface area contributed by atoms with Crippen LogP contribution in [0.4, 0.5) is 0 Å². The molecule has 3 rings (SSSR count). The third-order valence-electron chi connectivity index (χ3n) is 4.03. The fourth-order valence-electron chi connectivity index (χ4n) is 2.84. The summed E-state index contributed by atoms with van der Waals surface area (Å²) in [4.78, 5) is 44.4. The zero-order chi connectivity index (χ0) is 18.5. The van der Waals surface area contributed by atoms with Crippen LogP contribution in [0, 0.1) is 0 Å². The molecule has 0 radical (unpaired) electrons. The summed E-state index contributed by atoms with van der Waals surface area (Å²) < 4.78 is 0. The number of hydrogen-bond donors (Lipinski definition) is 0. The van der Waals surface area contributed by atoms with Gasteiger partial charge >= 0.3 is 0 Å². The van der Waals surface area contributed by atoms with Crippen molar-refractivity contribution in [2.24, 2.45) is 0 Å². The van der Waals surface area contributed by atoms with Crippen LogP contribution >= 0.6 is 0 Å². The Morgan fingerprint density at radius 2 is 0.769 bits per heavy atom. The van der Waals surface area contributed by atoms with Crippen LogP contribution in [0.15, 0.2) is 60.7 Å². The lowest BCUT2D eigenvalue weighted by Gasteiger charge is -2.09. The van der Waals surface area contributed by atoms with Crippen LogP contribution in [0.3, 0.4) is 0 Å². The van der Waals surface area contributed by atoms with E-state index in [1.165, 1.54) is 12.1 Å². The molecule has 0 aromatic heterocycles. The van der Waals surface area contributed by atoms with Gasteiger partial charge in [-0.3, -0.25) is 19.2 Å². The SMILES string of the molecule is O=Cc1cc(C=O)cc(-c2cccc(-c3cc(C=O)cc(C=O)c3)c2)c1. The van der Waals surface area contributed by atoms with Crippen LogP contribution in [-0.4, -0.2) is 25.1 Å². The van der Waals surface area contributed by atoms with Crippen molar-refractivity contribution in [1.29, 1.82) is 0 Å². The molecule has 0 aliphatic heterocycles. The average molecular weight is 342 g/mol. The van der Waals surface area contributed by atoms with Crippen molar-refractivity contribution in [3.05, 3.63) is 82.9 Å². The minimum Gasteiger partial charge on any atom is -0.298 e. The van der Waals surface area contributed by atoms with Gasteiger partial charge in [0.05, 0.1) is 0 Å². The van der Waals surface area contributed by atoms with Crippen LogP contribution in [0.5, 0.6) is 0 Å². The number of aldehydes is 4. The van der Waals surface area contributed by atoms with E-state index < -0.39 is 0 Å². The van der Waals surface area contributed by atoms with Crippen molar-refractivity contribution < 1.29 is 19.2 Å². The highest BCUT2D eigenvalue weighted by Crippen LogP contribution is 2.28. The predicted molar refractivity (Wildman–Crippen MR) is 98.9 cm³/mol. The van der Waals surface area contributed by atoms with E-state index in [1.807, 2.05) is 24.3 Å². The molecule has 4 heteroatoms. The standard InChI is InChI=1S/C22H14O4/c23-11-15-4-16(12-24)7-21(6-15)19-2-1-3-20(10-19)22-8-17(13-25)5-18(9-22)14-26/h1-14H. The summed E-state index contributed by atoms with van der Waals surface area (Å²) in [6.45, 7) is 0. The second-order valence-electron chi connectivity index (χ2n) is 5.83. The molecule has 3 aromatic rings. The molecule has 126 valence electrons. The number of hydrogen-bond acceptors (Lipinski definition) is 4. The maximum absolute atomic E-state index is 11.1. The Bertz CT molecular complexity index is 887. The molecule has 3 aromatic carbocycles. The molecule has 0 heterocycles. The molecule has 0 spiro atoms. The van der Waals surface area contributed by atoms with Crippen LogP contribution in [-0.2, 0) is 0 Å². The van der Waals surface area contributed by atoms with Gasteiger partial charge in [0, 0.05) is 22.3 Å². The van der Waals surface area contributed by atoms with Crippen molar-refractivity contribution in [2.75, 3.05) is 0 Å². The van der Waals surface area contributed by atoms with Gasteiger partial charge in [0.15, 0.2) is 0 Å². The zero-order valence-corrected chi connectivity index (χ0v) is 13.7. The lowest BCUT2D eigenvalue weighted by atomic mass is 9.95. The molecular weight excluding hydrogens is 328 g/mol. The first-order valence-electron chi connectivity index (χ1n) is 7.88. The van der Waals surface area contributed by atoms with Gasteiger partial charge in [-0.15, -0.1) is 0 Å². The zero-order valence-electron chi connectivity index (χ0n) is 13.7. The summed E-state index contributed by atoms with van der Waals surface area (Å²) in [5.74, 6) is 0. The summed E-state index contributed by atoms with van der Waals surface area (Å²) >= 11 is 0. The normalized spacial score (nSPS) is 10.2. The fourth-order valence-corrected chi connectivity index (χ4v) is 2.84. The van der Waals surface area contributed by atoms with Gasteiger partial charge in [0.25, 0.3) is 0 Å². The largest absolute Gasteiger partial charge is 0.298 e. The van der Waals surface area contributed by atoms with E-state index in [9.17, 15) is 19.2 Å². The Hall–Kier alpha value is -3.66. The minimum atomic E-state index is 0.418. The van der Waals surface area contributed by atoms with E-state index in [4.69, 9.17) is 0 Å². The Morgan fingerprint density at radius 3 is 1.08 bits per heavy atom. The summed E-state index contributed by atoms with van der Waals surface area (Å²) in [5.41, 5.74) is 4.78. The molecule has 0 atom stereocenters. The van der Waals surface area contributed by atoms with Gasteiger partial charge in [0.1, 0.15) is 25.1 Å². The number of rotatable bonds is 6. The van der Waals surface area contributed by atoms with E-state index >= 15 is 0 Å². The third kappa shape index (κ3) is 3.54. The molecule has 0 saturated carbocycles. The van der Waals surface area contributed by atoms with E-state index in [0.29, 0.717) is 47.4 Å². The number of benzene rings is 3. The molecule has 0 aliphatic carbocycles. The minimum absolute atomic E-state index is 0.418. The Kier molecular flexibility index (Phi) is 4.94. The summed E-state index contributed by atoms with van der Waals surface area (Å²) in [6, 6.07) is 17.3. The van der Waals surface area contributed by atoms with Crippen LogP contribution in [0.25, 0.3) is 22.3 Å². The molecule has 0 unspecified atom stereocenters. The molecule has 0 aliphatic rings. The first kappa shape index (κ1) is 17.2. The molecular formula is C22H14O4. The van der Waals surface area contributed by atoms with Gasteiger partial charge in [-0.2, -0.15) is 0 Å². The lowest BCUT2D eigenvalue weighted by Crippen LogP contribution is -1.91. The topological polar surface area (TPSA) is 68.3 Å². The van der Waals surface area contributed by atoms with Crippen LogP contribution in [0.1, 0.15) is 41.4 Å². The summed E-state index contributed by atoms with van der Waals surface area (Å²) in [6.07, 6.45) is 2.79.